The molecule has 0 aliphatic carbocycles. The number of rotatable bonds is 0. The summed E-state index contributed by atoms with van der Waals surface area (Å²) in [6, 6.07) is 50.4. The summed E-state index contributed by atoms with van der Waals surface area (Å²) in [5, 5.41) is 1.21. The molecule has 0 aliphatic rings. The van der Waals surface area contributed by atoms with Crippen molar-refractivity contribution in [3.05, 3.63) is 283 Å². The third-order valence-electron chi connectivity index (χ3n) is 15.2. The molecule has 1 aromatic carbocycles. The summed E-state index contributed by atoms with van der Waals surface area (Å²) in [6.07, 6.45) is 13.0. The maximum atomic E-state index is 10.9. The Morgan fingerprint density at radius 2 is 0.840 bits per heavy atom. The number of aromatic amines is 1. The van der Waals surface area contributed by atoms with Crippen LogP contribution in [0.1, 0.15) is 260 Å². The zero-order chi connectivity index (χ0) is 76.3. The number of para-hydroxylation sites is 1. The molecule has 0 spiro atoms. The van der Waals surface area contributed by atoms with Crippen molar-refractivity contribution in [1.82, 2.24) is 44.9 Å². The number of pyridine rings is 9. The number of benzene rings is 1. The quantitative estimate of drug-likeness (QED) is 0.147. The Balaban J connectivity index is 0.000000383. The second kappa shape index (κ2) is 38.8. The van der Waals surface area contributed by atoms with Gasteiger partial charge in [-0.25, -0.2) is 4.98 Å². The van der Waals surface area contributed by atoms with Crippen molar-refractivity contribution < 1.29 is 0 Å². The Labute approximate surface area is 614 Å². The first-order valence-electron chi connectivity index (χ1n) is 35.0. The van der Waals surface area contributed by atoms with Crippen LogP contribution in [0.5, 0.6) is 0 Å². The first-order valence-corrected chi connectivity index (χ1v) is 35.8. The van der Waals surface area contributed by atoms with Crippen LogP contribution in [0.25, 0.3) is 10.9 Å². The standard InChI is InChI=1S/C13H15N.C11H17N.2C10H15N.C9H12BrN.C9H13NO.3C9H13N/c1-13(2,3)12-9-8-10-6-4-5-7-11(10)14-12;1-8-6-9(2)10(12-7-8)11(3,4)5;1-8-5-6-11-9(7-8)10(2,3)4;1-8-6-5-7-9(11-8)10(2,3)4;1-9(2,3)7-5-4-6-8(10)11-7;1-9(2,3)7-5-4-6-8(11)10-7;1-9(2,3)8-4-6-10-7-5-8;1-9(2,3)8-5-4-6-10-7-8;1-9(2,3)8-6-4-5-7-10-8/h4-9H,1-3H3;6-7H,1-5H3;2*5-7H,1-4H3;4-6H,1-3H3;4-6H,1-3H3,(H,10,11);3*4-7H,1-3H3. The minimum absolute atomic E-state index is 0.0282. The lowest BCUT2D eigenvalue weighted by Gasteiger charge is -2.20. The molecule has 0 radical (unpaired) electrons. The van der Waals surface area contributed by atoms with Gasteiger partial charge in [0, 0.05) is 138 Å². The molecule has 9 heterocycles. The lowest BCUT2D eigenvalue weighted by atomic mass is 9.88. The van der Waals surface area contributed by atoms with Crippen LogP contribution >= 0.6 is 15.9 Å². The van der Waals surface area contributed by atoms with Crippen LogP contribution in [0.4, 0.5) is 0 Å². The molecule has 0 fully saturated rings. The molecule has 10 aromatic rings. The van der Waals surface area contributed by atoms with E-state index in [0.717, 1.165) is 50.0 Å². The van der Waals surface area contributed by atoms with Crippen LogP contribution in [-0.4, -0.2) is 44.9 Å². The Kier molecular flexibility index (Phi) is 34.2. The molecule has 0 unspecified atom stereocenters. The molecule has 0 aliphatic heterocycles. The topological polar surface area (TPSA) is 136 Å². The molecule has 0 amide bonds. The lowest BCUT2D eigenvalue weighted by Crippen LogP contribution is -2.18. The van der Waals surface area contributed by atoms with Crippen molar-refractivity contribution in [1.29, 1.82) is 0 Å². The maximum Gasteiger partial charge on any atom is 0.248 e. The number of aromatic nitrogens is 9. The zero-order valence-corrected chi connectivity index (χ0v) is 68.9. The van der Waals surface area contributed by atoms with E-state index in [4.69, 9.17) is 0 Å². The Bertz CT molecular complexity index is 3770. The third kappa shape index (κ3) is 34.9. The van der Waals surface area contributed by atoms with E-state index in [0.29, 0.717) is 0 Å². The Morgan fingerprint density at radius 3 is 1.23 bits per heavy atom. The van der Waals surface area contributed by atoms with E-state index in [-0.39, 0.29) is 54.3 Å². The van der Waals surface area contributed by atoms with E-state index < -0.39 is 0 Å². The average molecular weight is 1420 g/mol. The predicted octanol–water partition coefficient (Wildman–Crippen LogP) is 23.9. The van der Waals surface area contributed by atoms with E-state index in [2.05, 4.69) is 341 Å². The molecular weight excluding hydrogens is 1290 g/mol. The number of hydrogen-bond donors (Lipinski definition) is 1. The summed E-state index contributed by atoms with van der Waals surface area (Å²) in [6.45, 7) is 66.8. The van der Waals surface area contributed by atoms with Crippen molar-refractivity contribution in [3.63, 3.8) is 0 Å². The number of aryl methyl sites for hydroxylation is 4. The minimum Gasteiger partial charge on any atom is -0.326 e. The molecule has 9 aromatic heterocycles. The van der Waals surface area contributed by atoms with Gasteiger partial charge in [0.15, 0.2) is 0 Å². The molecule has 540 valence electrons. The van der Waals surface area contributed by atoms with Crippen molar-refractivity contribution in [2.75, 3.05) is 0 Å². The molecule has 10 nitrogen and oxygen atoms in total. The van der Waals surface area contributed by atoms with Gasteiger partial charge >= 0.3 is 0 Å². The molecule has 11 heteroatoms. The smallest absolute Gasteiger partial charge is 0.248 e. The van der Waals surface area contributed by atoms with E-state index in [1.54, 1.807) is 12.3 Å². The molecule has 0 saturated heterocycles. The molecule has 0 bridgehead atoms. The van der Waals surface area contributed by atoms with E-state index in [1.165, 1.54) is 45.0 Å². The predicted molar refractivity (Wildman–Crippen MR) is 433 cm³/mol. The van der Waals surface area contributed by atoms with Crippen molar-refractivity contribution in [2.24, 2.45) is 0 Å². The van der Waals surface area contributed by atoms with Gasteiger partial charge in [0.2, 0.25) is 5.56 Å². The van der Waals surface area contributed by atoms with Gasteiger partial charge in [-0.05, 0) is 167 Å². The van der Waals surface area contributed by atoms with Gasteiger partial charge in [0.25, 0.3) is 0 Å². The highest BCUT2D eigenvalue weighted by Crippen LogP contribution is 2.27. The van der Waals surface area contributed by atoms with Crippen LogP contribution in [0, 0.1) is 27.7 Å². The number of hydrogen-bond acceptors (Lipinski definition) is 9. The van der Waals surface area contributed by atoms with Crippen LogP contribution in [0.2, 0.25) is 0 Å². The highest BCUT2D eigenvalue weighted by molar-refractivity contribution is 9.10. The Hall–Kier alpha value is -7.89. The average Bonchev–Trinajstić information content (AvgIpc) is 0.808. The third-order valence-corrected chi connectivity index (χ3v) is 15.6. The van der Waals surface area contributed by atoms with Crippen molar-refractivity contribution in [3.8, 4) is 0 Å². The van der Waals surface area contributed by atoms with Gasteiger partial charge in [-0.15, -0.1) is 0 Å². The van der Waals surface area contributed by atoms with Crippen molar-refractivity contribution in [2.45, 2.75) is 263 Å². The van der Waals surface area contributed by atoms with Gasteiger partial charge in [-0.1, -0.05) is 248 Å². The summed E-state index contributed by atoms with van der Waals surface area (Å²) < 4.78 is 0.907. The van der Waals surface area contributed by atoms with Crippen LogP contribution in [0.15, 0.2) is 204 Å². The van der Waals surface area contributed by atoms with E-state index in [1.807, 2.05) is 111 Å². The maximum absolute atomic E-state index is 10.9. The summed E-state index contributed by atoms with van der Waals surface area (Å²) >= 11 is 3.34. The normalized spacial score (nSPS) is 11.6. The van der Waals surface area contributed by atoms with E-state index >= 15 is 0 Å². The molecule has 100 heavy (non-hydrogen) atoms. The van der Waals surface area contributed by atoms with Crippen LogP contribution in [-0.2, 0) is 48.7 Å². The summed E-state index contributed by atoms with van der Waals surface area (Å²) in [5.41, 5.74) is 18.0. The molecule has 0 atom stereocenters. The Morgan fingerprint density at radius 1 is 0.330 bits per heavy atom. The fourth-order valence-electron chi connectivity index (χ4n) is 9.07. The van der Waals surface area contributed by atoms with Crippen LogP contribution in [0.3, 0.4) is 0 Å². The van der Waals surface area contributed by atoms with Crippen LogP contribution < -0.4 is 5.56 Å². The second-order valence-corrected chi connectivity index (χ2v) is 35.5. The monoisotopic (exact) mass is 1420 g/mol. The SMILES string of the molecule is CC(C)(C)c1ccc2ccccc2n1.CC(C)(C)c1cccc(=O)[nH]1.CC(C)(C)c1cccc(Br)n1.CC(C)(C)c1ccccn1.CC(C)(C)c1cccnc1.CC(C)(C)c1ccncc1.Cc1cccc(C(C)(C)C)n1.Cc1ccnc(C(C)(C)C)c1.Cc1cnc(C(C)(C)C)c(C)c1. The molecule has 1 N–H and O–H groups in total. The lowest BCUT2D eigenvalue weighted by molar-refractivity contribution is 0.564. The molecule has 0 saturated carbocycles. The first-order chi connectivity index (χ1) is 45.8. The fourth-order valence-corrected chi connectivity index (χ4v) is 9.41. The number of halogens is 1. The highest BCUT2D eigenvalue weighted by Gasteiger charge is 2.21. The highest BCUT2D eigenvalue weighted by atomic mass is 79.9. The van der Waals surface area contributed by atoms with Crippen molar-refractivity contribution >= 4 is 26.8 Å². The van der Waals surface area contributed by atoms with Gasteiger partial charge in [0.1, 0.15) is 4.60 Å². The van der Waals surface area contributed by atoms with Gasteiger partial charge in [-0.3, -0.25) is 39.7 Å². The number of fused-ring (bicyclic) bond motifs is 1. The summed E-state index contributed by atoms with van der Waals surface area (Å²) in [7, 11) is 0. The fraction of sp³-hybridized carbons (Fsp3) is 0.449. The second-order valence-electron chi connectivity index (χ2n) is 34.7. The first kappa shape index (κ1) is 88.2. The molecule has 10 rings (SSSR count). The van der Waals surface area contributed by atoms with Gasteiger partial charge in [-0.2, -0.15) is 0 Å². The number of H-pyrrole nitrogens is 1. The van der Waals surface area contributed by atoms with Gasteiger partial charge in [0.05, 0.1) is 5.52 Å². The summed E-state index contributed by atoms with van der Waals surface area (Å²) in [5.74, 6) is 0. The molecular formula is C89H126BrN9O. The number of nitrogens with one attached hydrogen (secondary N) is 1. The number of nitrogens with zero attached hydrogens (tertiary/aromatic N) is 8. The zero-order valence-electron chi connectivity index (χ0n) is 67.3. The largest absolute Gasteiger partial charge is 0.326 e. The summed E-state index contributed by atoms with van der Waals surface area (Å²) in [4.78, 5) is 48.1. The van der Waals surface area contributed by atoms with Gasteiger partial charge < -0.3 is 4.98 Å². The van der Waals surface area contributed by atoms with E-state index in [9.17, 15) is 4.79 Å². The minimum atomic E-state index is -0.0302.